The van der Waals surface area contributed by atoms with Crippen LogP contribution in [0, 0.1) is 10.1 Å². The van der Waals surface area contributed by atoms with E-state index >= 15 is 0 Å². The molecule has 0 aliphatic carbocycles. The van der Waals surface area contributed by atoms with Gasteiger partial charge in [0.1, 0.15) is 0 Å². The van der Waals surface area contributed by atoms with Gasteiger partial charge in [-0.15, -0.1) is 0 Å². The van der Waals surface area contributed by atoms with Crippen LogP contribution in [0.3, 0.4) is 0 Å². The standard InChI is InChI=1S/C14H18N2O4S2/c17-14(10-6-13(16(18)19)22-8-10)15(11-3-5-21-9-11)7-12-2-1-4-20-12/h6,8,11-12H,1-5,7,9H2/t11-,12-/m0/s1. The van der Waals surface area contributed by atoms with Crippen molar-refractivity contribution in [2.45, 2.75) is 31.4 Å². The number of nitrogens with zero attached hydrogens (tertiary/aromatic N) is 2. The van der Waals surface area contributed by atoms with Crippen molar-refractivity contribution in [2.75, 3.05) is 24.7 Å². The maximum Gasteiger partial charge on any atom is 0.324 e. The van der Waals surface area contributed by atoms with Crippen LogP contribution in [0.4, 0.5) is 5.00 Å². The van der Waals surface area contributed by atoms with E-state index in [1.165, 1.54) is 6.07 Å². The lowest BCUT2D eigenvalue weighted by molar-refractivity contribution is -0.380. The second kappa shape index (κ2) is 6.97. The molecule has 1 amide bonds. The fourth-order valence-corrected chi connectivity index (χ4v) is 4.79. The van der Waals surface area contributed by atoms with Gasteiger partial charge in [0.15, 0.2) is 0 Å². The third-order valence-corrected chi connectivity index (χ3v) is 6.07. The molecular formula is C14H18N2O4S2. The largest absolute Gasteiger partial charge is 0.376 e. The third kappa shape index (κ3) is 3.44. The number of ether oxygens (including phenoxy) is 1. The zero-order valence-corrected chi connectivity index (χ0v) is 13.7. The van der Waals surface area contributed by atoms with Gasteiger partial charge in [-0.05, 0) is 25.0 Å². The Morgan fingerprint density at radius 2 is 2.36 bits per heavy atom. The number of carbonyl (C=O) groups is 1. The van der Waals surface area contributed by atoms with Crippen molar-refractivity contribution in [3.05, 3.63) is 27.1 Å². The smallest absolute Gasteiger partial charge is 0.324 e. The van der Waals surface area contributed by atoms with E-state index in [0.717, 1.165) is 48.7 Å². The fourth-order valence-electron chi connectivity index (χ4n) is 2.87. The molecular weight excluding hydrogens is 324 g/mol. The van der Waals surface area contributed by atoms with Gasteiger partial charge in [0.25, 0.3) is 5.91 Å². The minimum Gasteiger partial charge on any atom is -0.376 e. The summed E-state index contributed by atoms with van der Waals surface area (Å²) in [6, 6.07) is 1.60. The first-order valence-electron chi connectivity index (χ1n) is 7.38. The predicted octanol–water partition coefficient (Wildman–Crippen LogP) is 2.78. The highest BCUT2D eigenvalue weighted by molar-refractivity contribution is 7.99. The highest BCUT2D eigenvalue weighted by Gasteiger charge is 2.32. The van der Waals surface area contributed by atoms with Crippen molar-refractivity contribution in [1.29, 1.82) is 0 Å². The van der Waals surface area contributed by atoms with Crippen LogP contribution in [-0.2, 0) is 4.74 Å². The topological polar surface area (TPSA) is 72.7 Å². The van der Waals surface area contributed by atoms with Gasteiger partial charge >= 0.3 is 5.00 Å². The molecule has 0 spiro atoms. The van der Waals surface area contributed by atoms with Crippen molar-refractivity contribution < 1.29 is 14.5 Å². The molecule has 0 radical (unpaired) electrons. The lowest BCUT2D eigenvalue weighted by Gasteiger charge is -2.30. The van der Waals surface area contributed by atoms with E-state index in [4.69, 9.17) is 4.74 Å². The summed E-state index contributed by atoms with van der Waals surface area (Å²) in [5.74, 6) is 1.89. The van der Waals surface area contributed by atoms with Crippen LogP contribution in [0.1, 0.15) is 29.6 Å². The Bertz CT molecular complexity index is 551. The molecule has 1 aromatic heterocycles. The minimum absolute atomic E-state index is 0.0150. The molecule has 1 aromatic rings. The molecule has 0 unspecified atom stereocenters. The molecule has 2 saturated heterocycles. The van der Waals surface area contributed by atoms with Crippen LogP contribution in [0.25, 0.3) is 0 Å². The van der Waals surface area contributed by atoms with Crippen molar-refractivity contribution in [1.82, 2.24) is 4.90 Å². The number of hydrogen-bond acceptors (Lipinski definition) is 6. The number of thiophene rings is 1. The molecule has 2 fully saturated rings. The Morgan fingerprint density at radius 3 is 2.95 bits per heavy atom. The van der Waals surface area contributed by atoms with Crippen LogP contribution >= 0.6 is 23.1 Å². The van der Waals surface area contributed by atoms with E-state index < -0.39 is 4.92 Å². The van der Waals surface area contributed by atoms with Crippen molar-refractivity contribution in [3.8, 4) is 0 Å². The second-order valence-electron chi connectivity index (χ2n) is 5.54. The van der Waals surface area contributed by atoms with Gasteiger partial charge in [-0.2, -0.15) is 11.8 Å². The summed E-state index contributed by atoms with van der Waals surface area (Å²) in [5, 5.41) is 12.4. The molecule has 2 aliphatic heterocycles. The Hall–Kier alpha value is -1.12. The van der Waals surface area contributed by atoms with Gasteiger partial charge in [-0.1, -0.05) is 11.3 Å². The number of hydrogen-bond donors (Lipinski definition) is 0. The van der Waals surface area contributed by atoms with Crippen molar-refractivity contribution in [3.63, 3.8) is 0 Å². The zero-order chi connectivity index (χ0) is 15.5. The number of rotatable bonds is 5. The van der Waals surface area contributed by atoms with Crippen LogP contribution in [0.2, 0.25) is 0 Å². The molecule has 120 valence electrons. The molecule has 3 rings (SSSR count). The summed E-state index contributed by atoms with van der Waals surface area (Å²) in [4.78, 5) is 25.0. The third-order valence-electron chi connectivity index (χ3n) is 4.04. The molecule has 6 nitrogen and oxygen atoms in total. The lowest BCUT2D eigenvalue weighted by Crippen LogP contribution is -2.44. The molecule has 0 saturated carbocycles. The summed E-state index contributed by atoms with van der Waals surface area (Å²) >= 11 is 2.86. The maximum atomic E-state index is 12.8. The van der Waals surface area contributed by atoms with Crippen LogP contribution in [0.15, 0.2) is 11.4 Å². The molecule has 2 aliphatic rings. The lowest BCUT2D eigenvalue weighted by atomic mass is 10.1. The Balaban J connectivity index is 1.76. The molecule has 0 bridgehead atoms. The monoisotopic (exact) mass is 342 g/mol. The van der Waals surface area contributed by atoms with Gasteiger partial charge in [0.05, 0.1) is 16.6 Å². The van der Waals surface area contributed by atoms with Gasteiger partial charge in [0, 0.05) is 36.4 Å². The molecule has 0 aromatic carbocycles. The van der Waals surface area contributed by atoms with E-state index in [0.29, 0.717) is 12.1 Å². The summed E-state index contributed by atoms with van der Waals surface area (Å²) in [6.45, 7) is 1.35. The molecule has 8 heteroatoms. The average molecular weight is 342 g/mol. The van der Waals surface area contributed by atoms with Crippen LogP contribution < -0.4 is 0 Å². The van der Waals surface area contributed by atoms with E-state index in [-0.39, 0.29) is 23.1 Å². The number of thioether (sulfide) groups is 1. The molecule has 3 heterocycles. The number of carbonyl (C=O) groups excluding carboxylic acids is 1. The summed E-state index contributed by atoms with van der Waals surface area (Å²) in [7, 11) is 0. The first kappa shape index (κ1) is 15.8. The fraction of sp³-hybridized carbons (Fsp3) is 0.643. The SMILES string of the molecule is O=C(c1csc([N+](=O)[O-])c1)N(C[C@@H]1CCCO1)[C@H]1CCSC1. The van der Waals surface area contributed by atoms with Gasteiger partial charge in [0.2, 0.25) is 0 Å². The Morgan fingerprint density at radius 1 is 1.50 bits per heavy atom. The minimum atomic E-state index is -0.447. The first-order valence-corrected chi connectivity index (χ1v) is 9.42. The normalized spacial score (nSPS) is 24.5. The number of nitro groups is 1. The summed E-state index contributed by atoms with van der Waals surface area (Å²) < 4.78 is 5.67. The van der Waals surface area contributed by atoms with Gasteiger partial charge in [-0.3, -0.25) is 14.9 Å². The van der Waals surface area contributed by atoms with Crippen LogP contribution in [0.5, 0.6) is 0 Å². The van der Waals surface area contributed by atoms with Crippen LogP contribution in [-0.4, -0.2) is 52.5 Å². The van der Waals surface area contributed by atoms with Crippen molar-refractivity contribution in [2.24, 2.45) is 0 Å². The molecule has 22 heavy (non-hydrogen) atoms. The second-order valence-corrected chi connectivity index (χ2v) is 7.58. The summed E-state index contributed by atoms with van der Waals surface area (Å²) in [5.41, 5.74) is 0.423. The van der Waals surface area contributed by atoms with E-state index in [9.17, 15) is 14.9 Å². The van der Waals surface area contributed by atoms with E-state index in [1.54, 1.807) is 5.38 Å². The zero-order valence-electron chi connectivity index (χ0n) is 12.1. The quantitative estimate of drug-likeness (QED) is 0.608. The highest BCUT2D eigenvalue weighted by atomic mass is 32.2. The average Bonchev–Trinajstić information content (AvgIpc) is 3.24. The van der Waals surface area contributed by atoms with E-state index in [2.05, 4.69) is 0 Å². The predicted molar refractivity (Wildman–Crippen MR) is 86.7 cm³/mol. The maximum absolute atomic E-state index is 12.8. The summed E-state index contributed by atoms with van der Waals surface area (Å²) in [6.07, 6.45) is 3.10. The Labute approximate surface area is 137 Å². The van der Waals surface area contributed by atoms with E-state index in [1.807, 2.05) is 16.7 Å². The molecule has 0 N–H and O–H groups in total. The Kier molecular flexibility index (Phi) is 5.00. The first-order chi connectivity index (χ1) is 10.6. The van der Waals surface area contributed by atoms with Gasteiger partial charge < -0.3 is 9.64 Å². The number of amides is 1. The molecule has 2 atom stereocenters. The van der Waals surface area contributed by atoms with Gasteiger partial charge in [-0.25, -0.2) is 0 Å². The van der Waals surface area contributed by atoms with Crippen molar-refractivity contribution >= 4 is 34.0 Å². The highest BCUT2D eigenvalue weighted by Crippen LogP contribution is 2.28.